The molecule has 6 rings (SSSR count). The third kappa shape index (κ3) is 4.80. The number of fused-ring (bicyclic) bond motifs is 2. The number of benzene rings is 3. The first-order valence-electron chi connectivity index (χ1n) is 13.5. The largest absolute Gasteiger partial charge is 0.507 e. The molecule has 1 saturated heterocycles. The number of carbonyl (C=O) groups is 2. The second-order valence-electron chi connectivity index (χ2n) is 11.0. The van der Waals surface area contributed by atoms with Crippen molar-refractivity contribution in [1.82, 2.24) is 4.98 Å². The van der Waals surface area contributed by atoms with E-state index in [-0.39, 0.29) is 16.7 Å². The molecule has 3 aromatic carbocycles. The Hall–Kier alpha value is -4.37. The molecular formula is C32H30N2O6S. The molecule has 41 heavy (non-hydrogen) atoms. The standard InChI is InChI=1S/C32H30N2O6S/c1-5-38-21-11-12-22-25(17-21)41-31(33-22)34-27(18-6-9-20(10-7-18)32(2,3)4)26(29(36)30(34)37)28(35)19-8-13-23-24(16-19)40-15-14-39-23/h6-13,16-17,27,35H,5,14-15H2,1-4H3/b28-26+/t27-/m0/s1. The van der Waals surface area contributed by atoms with Crippen LogP contribution in [0.1, 0.15) is 50.4 Å². The number of carbonyl (C=O) groups excluding carboxylic acids is 2. The average molecular weight is 571 g/mol. The number of amides is 1. The Morgan fingerprint density at radius 1 is 1.02 bits per heavy atom. The van der Waals surface area contributed by atoms with Crippen molar-refractivity contribution in [3.63, 3.8) is 0 Å². The van der Waals surface area contributed by atoms with Crippen LogP contribution in [-0.4, -0.2) is 41.6 Å². The molecule has 3 heterocycles. The highest BCUT2D eigenvalue weighted by molar-refractivity contribution is 7.22. The Balaban J connectivity index is 1.51. The molecule has 210 valence electrons. The summed E-state index contributed by atoms with van der Waals surface area (Å²) in [5.41, 5.74) is 2.73. The highest BCUT2D eigenvalue weighted by Gasteiger charge is 2.48. The minimum absolute atomic E-state index is 0.00977. The third-order valence-electron chi connectivity index (χ3n) is 7.22. The first-order chi connectivity index (χ1) is 19.7. The highest BCUT2D eigenvalue weighted by Crippen LogP contribution is 2.45. The molecule has 0 unspecified atom stereocenters. The van der Waals surface area contributed by atoms with Gasteiger partial charge in [-0.15, -0.1) is 0 Å². The number of Topliss-reactive ketones (excluding diaryl/α,β-unsaturated/α-hetero) is 1. The van der Waals surface area contributed by atoms with Crippen LogP contribution in [-0.2, 0) is 15.0 Å². The molecule has 1 amide bonds. The molecule has 2 aliphatic heterocycles. The van der Waals surface area contributed by atoms with Gasteiger partial charge in [-0.1, -0.05) is 56.4 Å². The number of rotatable bonds is 5. The van der Waals surface area contributed by atoms with Gasteiger partial charge in [-0.05, 0) is 59.9 Å². The number of aliphatic hydroxyl groups excluding tert-OH is 1. The van der Waals surface area contributed by atoms with Crippen molar-refractivity contribution < 1.29 is 28.9 Å². The SMILES string of the molecule is CCOc1ccc2nc(N3C(=O)C(=O)/C(=C(/O)c4ccc5c(c4)OCCO5)[C@@H]3c3ccc(C(C)(C)C)cc3)sc2c1. The minimum Gasteiger partial charge on any atom is -0.507 e. The fourth-order valence-corrected chi connectivity index (χ4v) is 6.13. The van der Waals surface area contributed by atoms with Crippen molar-refractivity contribution >= 4 is 44.1 Å². The van der Waals surface area contributed by atoms with Crippen LogP contribution in [0.4, 0.5) is 5.13 Å². The number of thiazole rings is 1. The van der Waals surface area contributed by atoms with E-state index in [0.717, 1.165) is 10.3 Å². The molecule has 1 N–H and O–H groups in total. The van der Waals surface area contributed by atoms with Gasteiger partial charge in [0, 0.05) is 5.56 Å². The van der Waals surface area contributed by atoms with Crippen LogP contribution in [0.5, 0.6) is 17.2 Å². The second-order valence-corrected chi connectivity index (χ2v) is 12.0. The Labute approximate surface area is 241 Å². The fourth-order valence-electron chi connectivity index (χ4n) is 5.11. The zero-order valence-electron chi connectivity index (χ0n) is 23.3. The van der Waals surface area contributed by atoms with Gasteiger partial charge in [0.25, 0.3) is 5.78 Å². The van der Waals surface area contributed by atoms with Gasteiger partial charge < -0.3 is 19.3 Å². The molecule has 0 aliphatic carbocycles. The molecule has 1 atom stereocenters. The van der Waals surface area contributed by atoms with Gasteiger partial charge in [-0.3, -0.25) is 14.5 Å². The Morgan fingerprint density at radius 2 is 1.76 bits per heavy atom. The van der Waals surface area contributed by atoms with Crippen LogP contribution in [0, 0.1) is 0 Å². The summed E-state index contributed by atoms with van der Waals surface area (Å²) < 4.78 is 17.8. The summed E-state index contributed by atoms with van der Waals surface area (Å²) in [5, 5.41) is 11.9. The second kappa shape index (κ2) is 10.2. The van der Waals surface area contributed by atoms with E-state index in [1.807, 2.05) is 49.4 Å². The number of nitrogens with zero attached hydrogens (tertiary/aromatic N) is 2. The van der Waals surface area contributed by atoms with E-state index in [1.54, 1.807) is 18.2 Å². The van der Waals surface area contributed by atoms with Gasteiger partial charge >= 0.3 is 5.91 Å². The number of ether oxygens (including phenoxy) is 3. The first-order valence-corrected chi connectivity index (χ1v) is 14.3. The smallest absolute Gasteiger partial charge is 0.301 e. The van der Waals surface area contributed by atoms with Crippen LogP contribution in [0.25, 0.3) is 16.0 Å². The zero-order chi connectivity index (χ0) is 28.9. The van der Waals surface area contributed by atoms with E-state index in [4.69, 9.17) is 19.2 Å². The predicted octanol–water partition coefficient (Wildman–Crippen LogP) is 6.39. The summed E-state index contributed by atoms with van der Waals surface area (Å²) >= 11 is 1.30. The lowest BCUT2D eigenvalue weighted by Gasteiger charge is -2.25. The Morgan fingerprint density at radius 3 is 2.46 bits per heavy atom. The molecule has 9 heteroatoms. The van der Waals surface area contributed by atoms with E-state index in [0.29, 0.717) is 58.8 Å². The number of aliphatic hydroxyl groups is 1. The van der Waals surface area contributed by atoms with Crippen LogP contribution in [0.15, 0.2) is 66.2 Å². The number of ketones is 1. The maximum absolute atomic E-state index is 13.7. The lowest BCUT2D eigenvalue weighted by molar-refractivity contribution is -0.132. The summed E-state index contributed by atoms with van der Waals surface area (Å²) in [6, 6.07) is 17.4. The minimum atomic E-state index is -0.885. The van der Waals surface area contributed by atoms with Crippen molar-refractivity contribution in [2.24, 2.45) is 0 Å². The lowest BCUT2D eigenvalue weighted by Crippen LogP contribution is -2.29. The van der Waals surface area contributed by atoms with Gasteiger partial charge in [-0.2, -0.15) is 0 Å². The van der Waals surface area contributed by atoms with E-state index < -0.39 is 17.7 Å². The molecule has 0 bridgehead atoms. The molecule has 1 aromatic heterocycles. The average Bonchev–Trinajstić information content (AvgIpc) is 3.49. The van der Waals surface area contributed by atoms with Crippen molar-refractivity contribution in [3.8, 4) is 17.2 Å². The number of hydrogen-bond acceptors (Lipinski definition) is 8. The molecule has 4 aromatic rings. The van der Waals surface area contributed by atoms with Crippen LogP contribution >= 0.6 is 11.3 Å². The van der Waals surface area contributed by atoms with Gasteiger partial charge in [-0.25, -0.2) is 4.98 Å². The maximum atomic E-state index is 13.7. The summed E-state index contributed by atoms with van der Waals surface area (Å²) in [5.74, 6) is -0.0902. The third-order valence-corrected chi connectivity index (χ3v) is 8.24. The topological polar surface area (TPSA) is 98.2 Å². The molecule has 8 nitrogen and oxygen atoms in total. The molecule has 1 fully saturated rings. The predicted molar refractivity (Wildman–Crippen MR) is 158 cm³/mol. The van der Waals surface area contributed by atoms with E-state index >= 15 is 0 Å². The van der Waals surface area contributed by atoms with Crippen molar-refractivity contribution in [2.75, 3.05) is 24.7 Å². The van der Waals surface area contributed by atoms with Crippen LogP contribution in [0.3, 0.4) is 0 Å². The highest BCUT2D eigenvalue weighted by atomic mass is 32.1. The van der Waals surface area contributed by atoms with Crippen molar-refractivity contribution in [1.29, 1.82) is 0 Å². The summed E-state index contributed by atoms with van der Waals surface area (Å²) in [6.07, 6.45) is 0. The van der Waals surface area contributed by atoms with Gasteiger partial charge in [0.05, 0.1) is 28.4 Å². The number of anilines is 1. The molecule has 0 saturated carbocycles. The van der Waals surface area contributed by atoms with E-state index in [1.165, 1.54) is 16.2 Å². The summed E-state index contributed by atoms with van der Waals surface area (Å²) in [6.45, 7) is 9.60. The van der Waals surface area contributed by atoms with Crippen LogP contribution < -0.4 is 19.1 Å². The Bertz CT molecular complexity index is 1700. The maximum Gasteiger partial charge on any atom is 0.301 e. The van der Waals surface area contributed by atoms with Crippen molar-refractivity contribution in [2.45, 2.75) is 39.2 Å². The monoisotopic (exact) mass is 570 g/mol. The van der Waals surface area contributed by atoms with E-state index in [9.17, 15) is 14.7 Å². The normalized spacial score (nSPS) is 18.2. The molecule has 2 aliphatic rings. The molecule has 0 radical (unpaired) electrons. The van der Waals surface area contributed by atoms with Gasteiger partial charge in [0.2, 0.25) is 0 Å². The van der Waals surface area contributed by atoms with Crippen LogP contribution in [0.2, 0.25) is 0 Å². The summed E-state index contributed by atoms with van der Waals surface area (Å²) in [4.78, 5) is 33.4. The number of hydrogen-bond donors (Lipinski definition) is 1. The molecule has 0 spiro atoms. The quantitative estimate of drug-likeness (QED) is 0.169. The molecular weight excluding hydrogens is 540 g/mol. The Kier molecular flexibility index (Phi) is 6.69. The first kappa shape index (κ1) is 26.8. The number of aromatic nitrogens is 1. The van der Waals surface area contributed by atoms with Gasteiger partial charge in [0.1, 0.15) is 24.7 Å². The lowest BCUT2D eigenvalue weighted by atomic mass is 9.85. The van der Waals surface area contributed by atoms with Gasteiger partial charge in [0.15, 0.2) is 16.6 Å². The van der Waals surface area contributed by atoms with E-state index in [2.05, 4.69) is 20.8 Å². The van der Waals surface area contributed by atoms with Crippen molar-refractivity contribution in [3.05, 3.63) is 82.9 Å². The summed E-state index contributed by atoms with van der Waals surface area (Å²) in [7, 11) is 0. The zero-order valence-corrected chi connectivity index (χ0v) is 24.1. The fraction of sp³-hybridized carbons (Fsp3) is 0.281.